The van der Waals surface area contributed by atoms with E-state index in [0.29, 0.717) is 25.4 Å². The van der Waals surface area contributed by atoms with Crippen molar-refractivity contribution in [1.82, 2.24) is 9.62 Å². The van der Waals surface area contributed by atoms with Crippen LogP contribution in [0.2, 0.25) is 10.0 Å². The van der Waals surface area contributed by atoms with Gasteiger partial charge in [-0.25, -0.2) is 13.3 Å². The second kappa shape index (κ2) is 10.5. The van der Waals surface area contributed by atoms with Crippen LogP contribution in [0.3, 0.4) is 0 Å². The van der Waals surface area contributed by atoms with Gasteiger partial charge in [-0.15, -0.1) is 0 Å². The summed E-state index contributed by atoms with van der Waals surface area (Å²) in [7, 11) is -3.21. The number of carbonyl (C=O) groups excluding carboxylic acids is 1. The summed E-state index contributed by atoms with van der Waals surface area (Å²) in [5.41, 5.74) is 5.93. The van der Waals surface area contributed by atoms with E-state index in [0.717, 1.165) is 12.8 Å². The first-order valence-electron chi connectivity index (χ1n) is 10.4. The van der Waals surface area contributed by atoms with Gasteiger partial charge in [0.25, 0.3) is 0 Å². The molecule has 0 radical (unpaired) electrons. The van der Waals surface area contributed by atoms with Gasteiger partial charge in [0.05, 0.1) is 25.4 Å². The average Bonchev–Trinajstić information content (AvgIpc) is 2.75. The molecule has 3 N–H and O–H groups in total. The highest BCUT2D eigenvalue weighted by Crippen LogP contribution is 2.31. The highest BCUT2D eigenvalue weighted by Gasteiger charge is 2.30. The number of anilines is 1. The molecule has 1 saturated heterocycles. The molecule has 1 aliphatic carbocycles. The summed E-state index contributed by atoms with van der Waals surface area (Å²) in [4.78, 5) is 15.2. The average molecular weight is 504 g/mol. The fourth-order valence-electron chi connectivity index (χ4n) is 3.57. The minimum absolute atomic E-state index is 0.0808. The Kier molecular flexibility index (Phi) is 8.14. The SMILES string of the molecule is C=S(=O)(NC(COC1=C(F)CCC=C1)C(=O)N1CCC(C)CC1)c1cc(Cl)c(N)c(Cl)c1. The van der Waals surface area contributed by atoms with E-state index >= 15 is 0 Å². The van der Waals surface area contributed by atoms with Gasteiger partial charge in [0.2, 0.25) is 5.91 Å². The third-order valence-electron chi connectivity index (χ3n) is 5.63. The van der Waals surface area contributed by atoms with Crippen molar-refractivity contribution in [3.63, 3.8) is 0 Å². The molecule has 2 unspecified atom stereocenters. The minimum atomic E-state index is -3.21. The van der Waals surface area contributed by atoms with E-state index in [4.69, 9.17) is 33.7 Å². The van der Waals surface area contributed by atoms with Crippen LogP contribution in [0, 0.1) is 5.92 Å². The molecule has 0 saturated carbocycles. The van der Waals surface area contributed by atoms with Gasteiger partial charge in [-0.2, -0.15) is 0 Å². The number of hydrogen-bond acceptors (Lipinski definition) is 4. The lowest BCUT2D eigenvalue weighted by Gasteiger charge is -2.33. The second-order valence-electron chi connectivity index (χ2n) is 8.18. The Bertz CT molecular complexity index is 1010. The van der Waals surface area contributed by atoms with Crippen LogP contribution in [0.15, 0.2) is 40.8 Å². The van der Waals surface area contributed by atoms with Gasteiger partial charge in [-0.05, 0) is 49.3 Å². The third kappa shape index (κ3) is 5.98. The van der Waals surface area contributed by atoms with Crippen molar-refractivity contribution < 1.29 is 18.1 Å². The van der Waals surface area contributed by atoms with E-state index in [-0.39, 0.29) is 51.1 Å². The van der Waals surface area contributed by atoms with E-state index in [9.17, 15) is 13.4 Å². The van der Waals surface area contributed by atoms with Crippen molar-refractivity contribution in [2.75, 3.05) is 25.4 Å². The molecule has 10 heteroatoms. The highest BCUT2D eigenvalue weighted by atomic mass is 35.5. The number of halogens is 3. The number of nitrogens with two attached hydrogens (primary N) is 1. The Morgan fingerprint density at radius 3 is 2.59 bits per heavy atom. The first-order chi connectivity index (χ1) is 15.1. The molecule has 1 heterocycles. The summed E-state index contributed by atoms with van der Waals surface area (Å²) in [6.45, 7) is 3.11. The van der Waals surface area contributed by atoms with Crippen molar-refractivity contribution in [3.8, 4) is 0 Å². The first-order valence-corrected chi connectivity index (χ1v) is 12.9. The van der Waals surface area contributed by atoms with Gasteiger partial charge in [-0.3, -0.25) is 4.79 Å². The summed E-state index contributed by atoms with van der Waals surface area (Å²) in [5, 5.41) is 0.267. The van der Waals surface area contributed by atoms with E-state index in [1.165, 1.54) is 12.1 Å². The molecule has 0 bridgehead atoms. The lowest BCUT2D eigenvalue weighted by molar-refractivity contribution is -0.135. The van der Waals surface area contributed by atoms with Crippen LogP contribution in [0.1, 0.15) is 32.6 Å². The number of benzene rings is 1. The van der Waals surface area contributed by atoms with Crippen LogP contribution in [-0.4, -0.2) is 46.6 Å². The van der Waals surface area contributed by atoms with Gasteiger partial charge < -0.3 is 15.4 Å². The zero-order chi connectivity index (χ0) is 23.5. The monoisotopic (exact) mass is 503 g/mol. The summed E-state index contributed by atoms with van der Waals surface area (Å²) in [6, 6.07) is 1.80. The normalized spacial score (nSPS) is 20.2. The molecule has 1 amide bonds. The number of nitrogens with one attached hydrogen (secondary N) is 1. The number of hydrogen-bond donors (Lipinski definition) is 2. The Labute approximate surface area is 198 Å². The summed E-state index contributed by atoms with van der Waals surface area (Å²) in [5.74, 6) is 3.73. The van der Waals surface area contributed by atoms with Crippen LogP contribution >= 0.6 is 23.2 Å². The predicted octanol–water partition coefficient (Wildman–Crippen LogP) is 4.33. The molecule has 2 atom stereocenters. The number of allylic oxidation sites excluding steroid dienone is 3. The van der Waals surface area contributed by atoms with Gasteiger partial charge in [-0.1, -0.05) is 36.2 Å². The molecule has 2 aliphatic rings. The highest BCUT2D eigenvalue weighted by molar-refractivity contribution is 7.98. The van der Waals surface area contributed by atoms with Gasteiger partial charge in [0.1, 0.15) is 24.2 Å². The fraction of sp³-hybridized carbons (Fsp3) is 0.455. The molecule has 3 rings (SSSR count). The minimum Gasteiger partial charge on any atom is -0.489 e. The third-order valence-corrected chi connectivity index (χ3v) is 7.92. The molecule has 1 aromatic carbocycles. The molecule has 1 aliphatic heterocycles. The maximum atomic E-state index is 14.1. The van der Waals surface area contributed by atoms with E-state index < -0.39 is 15.7 Å². The maximum absolute atomic E-state index is 14.1. The summed E-state index contributed by atoms with van der Waals surface area (Å²) < 4.78 is 36.0. The Balaban J connectivity index is 1.84. The standard InChI is InChI=1S/C22H28Cl2FN3O3S/c1-14-7-9-28(10-8-14)22(29)19(13-31-20-6-4-3-5-18(20)25)27-32(2,30)15-11-16(23)21(26)17(24)12-15/h4,6,11-12,14,19H,2-3,5,7-10,13,26H2,1H3,(H,27,30). The number of nitrogen functional groups attached to an aromatic ring is 1. The smallest absolute Gasteiger partial charge is 0.244 e. The fourth-order valence-corrected chi connectivity index (χ4v) is 5.57. The molecule has 1 fully saturated rings. The van der Waals surface area contributed by atoms with E-state index in [1.807, 2.05) is 0 Å². The molecule has 0 spiro atoms. The van der Waals surface area contributed by atoms with Crippen molar-refractivity contribution in [2.24, 2.45) is 5.92 Å². The number of piperidine rings is 1. The Hall–Kier alpha value is -1.74. The van der Waals surface area contributed by atoms with Crippen molar-refractivity contribution in [2.45, 2.75) is 43.5 Å². The zero-order valence-corrected chi connectivity index (χ0v) is 20.2. The molecule has 0 aromatic heterocycles. The van der Waals surface area contributed by atoms with Crippen LogP contribution in [0.5, 0.6) is 0 Å². The first kappa shape index (κ1) is 24.9. The van der Waals surface area contributed by atoms with E-state index in [2.05, 4.69) is 17.5 Å². The number of amides is 1. The number of likely N-dealkylation sites (tertiary alicyclic amines) is 1. The Morgan fingerprint density at radius 2 is 2.00 bits per heavy atom. The van der Waals surface area contributed by atoms with Crippen molar-refractivity contribution in [1.29, 1.82) is 0 Å². The van der Waals surface area contributed by atoms with Crippen LogP contribution in [0.25, 0.3) is 0 Å². The molecular weight excluding hydrogens is 476 g/mol. The topological polar surface area (TPSA) is 84.7 Å². The molecular formula is C22H28Cl2FN3O3S. The molecule has 32 heavy (non-hydrogen) atoms. The van der Waals surface area contributed by atoms with Gasteiger partial charge in [0.15, 0.2) is 0 Å². The number of nitrogens with zero attached hydrogens (tertiary/aromatic N) is 1. The van der Waals surface area contributed by atoms with Crippen molar-refractivity contribution >= 4 is 50.4 Å². The number of carbonyl (C=O) groups is 1. The molecule has 6 nitrogen and oxygen atoms in total. The van der Waals surface area contributed by atoms with Gasteiger partial charge in [0, 0.05) is 24.4 Å². The molecule has 176 valence electrons. The van der Waals surface area contributed by atoms with E-state index in [1.54, 1.807) is 17.1 Å². The second-order valence-corrected chi connectivity index (χ2v) is 11.0. The zero-order valence-electron chi connectivity index (χ0n) is 17.9. The summed E-state index contributed by atoms with van der Waals surface area (Å²) >= 11 is 12.2. The number of ether oxygens (including phenoxy) is 1. The van der Waals surface area contributed by atoms with Crippen LogP contribution in [0.4, 0.5) is 10.1 Å². The number of rotatable bonds is 7. The summed E-state index contributed by atoms with van der Waals surface area (Å²) in [6.07, 6.45) is 5.95. The lowest BCUT2D eigenvalue weighted by Crippen LogP contribution is -2.52. The van der Waals surface area contributed by atoms with Gasteiger partial charge >= 0.3 is 0 Å². The largest absolute Gasteiger partial charge is 0.489 e. The molecule has 1 aromatic rings. The van der Waals surface area contributed by atoms with Crippen molar-refractivity contribution in [3.05, 3.63) is 45.9 Å². The Morgan fingerprint density at radius 1 is 1.38 bits per heavy atom. The lowest BCUT2D eigenvalue weighted by atomic mass is 9.99. The van der Waals surface area contributed by atoms with Crippen LogP contribution < -0.4 is 10.5 Å². The van der Waals surface area contributed by atoms with Crippen LogP contribution in [-0.2, 0) is 19.2 Å². The maximum Gasteiger partial charge on any atom is 0.244 e. The quantitative estimate of drug-likeness (QED) is 0.428. The predicted molar refractivity (Wildman–Crippen MR) is 129 cm³/mol.